The lowest BCUT2D eigenvalue weighted by atomic mass is 10.1. The van der Waals surface area contributed by atoms with Gasteiger partial charge >= 0.3 is 0 Å². The van der Waals surface area contributed by atoms with E-state index in [9.17, 15) is 4.79 Å². The standard InChI is InChI=1S/C15H15BrN2O3/c1-20-12-4-2-3-11(6-12)13-7-15(21-17-13)18-9-10(8-16)5-14(18)19/h2-4,6-7,10H,5,8-9H2,1H3. The molecule has 0 saturated carbocycles. The van der Waals surface area contributed by atoms with Crippen LogP contribution < -0.4 is 9.64 Å². The highest BCUT2D eigenvalue weighted by molar-refractivity contribution is 9.09. The third-order valence-corrected chi connectivity index (χ3v) is 4.47. The fourth-order valence-corrected chi connectivity index (χ4v) is 2.84. The summed E-state index contributed by atoms with van der Waals surface area (Å²) in [5, 5.41) is 4.87. The number of aromatic nitrogens is 1. The van der Waals surface area contributed by atoms with Crippen LogP contribution in [-0.4, -0.2) is 30.0 Å². The first kappa shape index (κ1) is 14.1. The average Bonchev–Trinajstić information content (AvgIpc) is 3.13. The molecule has 21 heavy (non-hydrogen) atoms. The Hall–Kier alpha value is -1.82. The molecule has 1 aliphatic rings. The molecule has 1 atom stereocenters. The number of anilines is 1. The zero-order chi connectivity index (χ0) is 14.8. The van der Waals surface area contributed by atoms with Gasteiger partial charge in [0, 0.05) is 29.9 Å². The number of halogens is 1. The highest BCUT2D eigenvalue weighted by atomic mass is 79.9. The Kier molecular flexibility index (Phi) is 3.96. The Labute approximate surface area is 131 Å². The number of amides is 1. The molecule has 1 fully saturated rings. The molecule has 0 aliphatic carbocycles. The largest absolute Gasteiger partial charge is 0.497 e. The van der Waals surface area contributed by atoms with Crippen molar-refractivity contribution >= 4 is 27.7 Å². The molecule has 2 aromatic rings. The molecule has 0 radical (unpaired) electrons. The second-order valence-corrected chi connectivity index (χ2v) is 5.66. The zero-order valence-corrected chi connectivity index (χ0v) is 13.2. The quantitative estimate of drug-likeness (QED) is 0.795. The number of hydrogen-bond acceptors (Lipinski definition) is 4. The van der Waals surface area contributed by atoms with E-state index in [0.29, 0.717) is 30.5 Å². The number of nitrogens with zero attached hydrogens (tertiary/aromatic N) is 2. The maximum absolute atomic E-state index is 12.0. The molecular weight excluding hydrogens is 336 g/mol. The summed E-state index contributed by atoms with van der Waals surface area (Å²) < 4.78 is 10.5. The van der Waals surface area contributed by atoms with Crippen molar-refractivity contribution in [3.05, 3.63) is 30.3 Å². The van der Waals surface area contributed by atoms with Crippen LogP contribution in [0.25, 0.3) is 11.3 Å². The number of hydrogen-bond donors (Lipinski definition) is 0. The predicted molar refractivity (Wildman–Crippen MR) is 82.7 cm³/mol. The Bertz CT molecular complexity index is 656. The Morgan fingerprint density at radius 1 is 1.48 bits per heavy atom. The Balaban J connectivity index is 1.85. The minimum atomic E-state index is 0.0767. The van der Waals surface area contributed by atoms with Crippen molar-refractivity contribution in [1.82, 2.24) is 5.16 Å². The van der Waals surface area contributed by atoms with Crippen LogP contribution in [0.4, 0.5) is 5.88 Å². The summed E-state index contributed by atoms with van der Waals surface area (Å²) in [5.74, 6) is 1.66. The highest BCUT2D eigenvalue weighted by Crippen LogP contribution is 2.30. The van der Waals surface area contributed by atoms with E-state index in [1.807, 2.05) is 24.3 Å². The molecule has 0 bridgehead atoms. The van der Waals surface area contributed by atoms with Crippen molar-refractivity contribution in [3.8, 4) is 17.0 Å². The number of alkyl halides is 1. The van der Waals surface area contributed by atoms with Crippen LogP contribution in [0.2, 0.25) is 0 Å². The molecule has 1 aromatic heterocycles. The van der Waals surface area contributed by atoms with Crippen LogP contribution in [0, 0.1) is 5.92 Å². The Morgan fingerprint density at radius 3 is 3.05 bits per heavy atom. The maximum atomic E-state index is 12.0. The van der Waals surface area contributed by atoms with Crippen LogP contribution in [0.5, 0.6) is 5.75 Å². The second-order valence-electron chi connectivity index (χ2n) is 5.01. The first-order valence-electron chi connectivity index (χ1n) is 6.68. The molecule has 110 valence electrons. The van der Waals surface area contributed by atoms with Crippen molar-refractivity contribution in [2.45, 2.75) is 6.42 Å². The molecule has 1 amide bonds. The minimum Gasteiger partial charge on any atom is -0.497 e. The number of benzene rings is 1. The molecule has 3 rings (SSSR count). The molecule has 1 aromatic carbocycles. The Morgan fingerprint density at radius 2 is 2.33 bits per heavy atom. The third-order valence-electron chi connectivity index (χ3n) is 3.55. The van der Waals surface area contributed by atoms with Gasteiger partial charge in [0.05, 0.1) is 7.11 Å². The lowest BCUT2D eigenvalue weighted by molar-refractivity contribution is -0.117. The summed E-state index contributed by atoms with van der Waals surface area (Å²) in [5.41, 5.74) is 1.59. The summed E-state index contributed by atoms with van der Waals surface area (Å²) >= 11 is 3.42. The van der Waals surface area contributed by atoms with Crippen LogP contribution in [-0.2, 0) is 4.79 Å². The van der Waals surface area contributed by atoms with Crippen molar-refractivity contribution in [3.63, 3.8) is 0 Å². The SMILES string of the molecule is COc1cccc(-c2cc(N3CC(CBr)CC3=O)on2)c1. The van der Waals surface area contributed by atoms with E-state index in [1.54, 1.807) is 18.1 Å². The molecule has 6 heteroatoms. The molecule has 2 heterocycles. The van der Waals surface area contributed by atoms with Crippen LogP contribution in [0.15, 0.2) is 34.9 Å². The van der Waals surface area contributed by atoms with E-state index in [2.05, 4.69) is 21.1 Å². The zero-order valence-electron chi connectivity index (χ0n) is 11.6. The lowest BCUT2D eigenvalue weighted by Gasteiger charge is -2.10. The van der Waals surface area contributed by atoms with Gasteiger partial charge in [0.15, 0.2) is 0 Å². The van der Waals surface area contributed by atoms with Gasteiger partial charge in [-0.25, -0.2) is 0 Å². The molecule has 5 nitrogen and oxygen atoms in total. The van der Waals surface area contributed by atoms with E-state index < -0.39 is 0 Å². The minimum absolute atomic E-state index is 0.0767. The van der Waals surface area contributed by atoms with E-state index >= 15 is 0 Å². The summed E-state index contributed by atoms with van der Waals surface area (Å²) in [6.07, 6.45) is 0.542. The maximum Gasteiger partial charge on any atom is 0.234 e. The van der Waals surface area contributed by atoms with Gasteiger partial charge in [-0.3, -0.25) is 9.69 Å². The van der Waals surface area contributed by atoms with Crippen LogP contribution >= 0.6 is 15.9 Å². The van der Waals surface area contributed by atoms with E-state index in [-0.39, 0.29) is 5.91 Å². The first-order chi connectivity index (χ1) is 10.2. The van der Waals surface area contributed by atoms with Gasteiger partial charge in [-0.2, -0.15) is 0 Å². The van der Waals surface area contributed by atoms with Crippen LogP contribution in [0.3, 0.4) is 0 Å². The number of carbonyl (C=O) groups is 1. The normalized spacial score (nSPS) is 18.3. The van der Waals surface area contributed by atoms with Crippen molar-refractivity contribution in [2.75, 3.05) is 23.9 Å². The van der Waals surface area contributed by atoms with Gasteiger partial charge in [0.2, 0.25) is 11.8 Å². The number of carbonyl (C=O) groups excluding carboxylic acids is 1. The van der Waals surface area contributed by atoms with Gasteiger partial charge in [0.1, 0.15) is 11.4 Å². The van der Waals surface area contributed by atoms with Crippen molar-refractivity contribution < 1.29 is 14.1 Å². The van der Waals surface area contributed by atoms with Gasteiger partial charge in [0.25, 0.3) is 0 Å². The summed E-state index contributed by atoms with van der Waals surface area (Å²) in [6.45, 7) is 0.664. The van der Waals surface area contributed by atoms with Crippen molar-refractivity contribution in [2.24, 2.45) is 5.92 Å². The third kappa shape index (κ3) is 2.81. The van der Waals surface area contributed by atoms with E-state index in [4.69, 9.17) is 9.26 Å². The smallest absolute Gasteiger partial charge is 0.234 e. The predicted octanol–water partition coefficient (Wildman–Crippen LogP) is 3.10. The number of rotatable bonds is 4. The number of ether oxygens (including phenoxy) is 1. The summed E-state index contributed by atoms with van der Waals surface area (Å²) in [7, 11) is 1.62. The number of methoxy groups -OCH3 is 1. The fourth-order valence-electron chi connectivity index (χ4n) is 2.41. The molecule has 0 N–H and O–H groups in total. The molecule has 1 aliphatic heterocycles. The van der Waals surface area contributed by atoms with E-state index in [1.165, 1.54) is 0 Å². The summed E-state index contributed by atoms with van der Waals surface area (Å²) in [4.78, 5) is 13.6. The fraction of sp³-hybridized carbons (Fsp3) is 0.333. The highest BCUT2D eigenvalue weighted by Gasteiger charge is 2.32. The lowest BCUT2D eigenvalue weighted by Crippen LogP contribution is -2.24. The van der Waals surface area contributed by atoms with Crippen molar-refractivity contribution in [1.29, 1.82) is 0 Å². The second kappa shape index (κ2) is 5.89. The topological polar surface area (TPSA) is 55.6 Å². The average molecular weight is 351 g/mol. The molecule has 1 saturated heterocycles. The molecular formula is C15H15BrN2O3. The van der Waals surface area contributed by atoms with E-state index in [0.717, 1.165) is 16.6 Å². The van der Waals surface area contributed by atoms with Gasteiger partial charge < -0.3 is 9.26 Å². The monoisotopic (exact) mass is 350 g/mol. The van der Waals surface area contributed by atoms with Gasteiger partial charge in [-0.05, 0) is 18.1 Å². The van der Waals surface area contributed by atoms with Gasteiger partial charge in [-0.15, -0.1) is 0 Å². The molecule has 0 spiro atoms. The van der Waals surface area contributed by atoms with Crippen LogP contribution in [0.1, 0.15) is 6.42 Å². The van der Waals surface area contributed by atoms with Gasteiger partial charge in [-0.1, -0.05) is 33.2 Å². The molecule has 1 unspecified atom stereocenters. The first-order valence-corrected chi connectivity index (χ1v) is 7.81. The summed E-state index contributed by atoms with van der Waals surface area (Å²) in [6, 6.07) is 9.37.